The highest BCUT2D eigenvalue weighted by Crippen LogP contribution is 2.27. The van der Waals surface area contributed by atoms with Crippen LogP contribution in [0.25, 0.3) is 0 Å². The van der Waals surface area contributed by atoms with Crippen LogP contribution in [0, 0.1) is 5.92 Å². The Kier molecular flexibility index (Phi) is 6.89. The van der Waals surface area contributed by atoms with Gasteiger partial charge in [-0.2, -0.15) is 0 Å². The van der Waals surface area contributed by atoms with E-state index >= 15 is 0 Å². The van der Waals surface area contributed by atoms with Gasteiger partial charge in [-0.1, -0.05) is 30.3 Å². The molecule has 1 aliphatic carbocycles. The van der Waals surface area contributed by atoms with Gasteiger partial charge in [-0.05, 0) is 37.3 Å². The maximum atomic E-state index is 11.8. The number of amides is 1. The average Bonchev–Trinajstić information content (AvgIpc) is 3.21. The summed E-state index contributed by atoms with van der Waals surface area (Å²) >= 11 is 0. The summed E-state index contributed by atoms with van der Waals surface area (Å²) in [5.74, 6) is 1.01. The van der Waals surface area contributed by atoms with Gasteiger partial charge >= 0.3 is 0 Å². The summed E-state index contributed by atoms with van der Waals surface area (Å²) in [5, 5.41) is 3.23. The third-order valence-corrected chi connectivity index (χ3v) is 3.41. The first-order valence-corrected chi connectivity index (χ1v) is 6.74. The fourth-order valence-corrected chi connectivity index (χ4v) is 1.91. The molecule has 0 saturated heterocycles. The molecule has 2 rings (SSSR count). The van der Waals surface area contributed by atoms with Gasteiger partial charge in [0.1, 0.15) is 0 Å². The summed E-state index contributed by atoms with van der Waals surface area (Å²) in [6, 6.07) is 10.3. The van der Waals surface area contributed by atoms with Crippen LogP contribution in [0.5, 0.6) is 0 Å². The molecule has 1 N–H and O–H groups in total. The van der Waals surface area contributed by atoms with Gasteiger partial charge in [0.25, 0.3) is 0 Å². The molecule has 1 aromatic rings. The van der Waals surface area contributed by atoms with Crippen LogP contribution in [0.3, 0.4) is 0 Å². The van der Waals surface area contributed by atoms with Crippen molar-refractivity contribution in [2.45, 2.75) is 19.3 Å². The van der Waals surface area contributed by atoms with Crippen molar-refractivity contribution in [1.82, 2.24) is 10.2 Å². The number of hydrogen-bond donors (Lipinski definition) is 1. The number of rotatable bonds is 7. The zero-order chi connectivity index (χ0) is 12.8. The van der Waals surface area contributed by atoms with Gasteiger partial charge in [0.15, 0.2) is 0 Å². The van der Waals surface area contributed by atoms with E-state index in [4.69, 9.17) is 0 Å². The normalized spacial score (nSPS) is 13.7. The van der Waals surface area contributed by atoms with Crippen LogP contribution >= 0.6 is 12.4 Å². The van der Waals surface area contributed by atoms with Crippen molar-refractivity contribution in [2.75, 3.05) is 26.7 Å². The number of hydrogen-bond acceptors (Lipinski definition) is 2. The van der Waals surface area contributed by atoms with Gasteiger partial charge in [0.2, 0.25) is 5.91 Å². The number of benzene rings is 1. The molecular formula is C15H23ClN2O. The molecule has 106 valence electrons. The highest BCUT2D eigenvalue weighted by molar-refractivity contribution is 5.85. The van der Waals surface area contributed by atoms with Crippen LogP contribution in [0.4, 0.5) is 0 Å². The molecule has 1 aliphatic rings. The molecule has 0 spiro atoms. The molecule has 1 saturated carbocycles. The van der Waals surface area contributed by atoms with Crippen molar-refractivity contribution in [1.29, 1.82) is 0 Å². The van der Waals surface area contributed by atoms with Crippen molar-refractivity contribution >= 4 is 18.3 Å². The van der Waals surface area contributed by atoms with Gasteiger partial charge in [-0.3, -0.25) is 4.79 Å². The number of nitrogens with zero attached hydrogens (tertiary/aromatic N) is 1. The van der Waals surface area contributed by atoms with Crippen LogP contribution in [-0.4, -0.2) is 37.5 Å². The lowest BCUT2D eigenvalue weighted by Crippen LogP contribution is -2.37. The molecule has 0 aromatic heterocycles. The molecule has 0 heterocycles. The number of carbonyl (C=O) groups excluding carboxylic acids is 1. The Morgan fingerprint density at radius 3 is 2.63 bits per heavy atom. The SMILES string of the molecule is CN(CCc1ccccc1)C(=O)CNCC1CC1.Cl. The maximum Gasteiger partial charge on any atom is 0.236 e. The number of halogens is 1. The van der Waals surface area contributed by atoms with E-state index in [0.29, 0.717) is 6.54 Å². The van der Waals surface area contributed by atoms with Crippen molar-refractivity contribution in [3.63, 3.8) is 0 Å². The Morgan fingerprint density at radius 1 is 1.32 bits per heavy atom. The van der Waals surface area contributed by atoms with Crippen LogP contribution in [0.1, 0.15) is 18.4 Å². The topological polar surface area (TPSA) is 32.3 Å². The Balaban J connectivity index is 0.00000180. The fraction of sp³-hybridized carbons (Fsp3) is 0.533. The lowest BCUT2D eigenvalue weighted by molar-refractivity contribution is -0.128. The predicted octanol–water partition coefficient (Wildman–Crippen LogP) is 2.11. The Morgan fingerprint density at radius 2 is 2.00 bits per heavy atom. The minimum atomic E-state index is 0. The monoisotopic (exact) mass is 282 g/mol. The van der Waals surface area contributed by atoms with Crippen molar-refractivity contribution in [2.24, 2.45) is 5.92 Å². The Labute approximate surface area is 121 Å². The highest BCUT2D eigenvalue weighted by atomic mass is 35.5. The van der Waals surface area contributed by atoms with E-state index in [1.54, 1.807) is 0 Å². The largest absolute Gasteiger partial charge is 0.344 e. The van der Waals surface area contributed by atoms with Crippen LogP contribution in [-0.2, 0) is 11.2 Å². The van der Waals surface area contributed by atoms with E-state index in [1.165, 1.54) is 18.4 Å². The minimum Gasteiger partial charge on any atom is -0.344 e. The number of nitrogens with one attached hydrogen (secondary N) is 1. The number of likely N-dealkylation sites (N-methyl/N-ethyl adjacent to an activating group) is 1. The van der Waals surface area contributed by atoms with Gasteiger partial charge in [-0.25, -0.2) is 0 Å². The zero-order valence-corrected chi connectivity index (χ0v) is 12.3. The lowest BCUT2D eigenvalue weighted by Gasteiger charge is -2.17. The molecule has 0 radical (unpaired) electrons. The molecule has 19 heavy (non-hydrogen) atoms. The smallest absolute Gasteiger partial charge is 0.236 e. The van der Waals surface area contributed by atoms with E-state index in [2.05, 4.69) is 17.4 Å². The third-order valence-electron chi connectivity index (χ3n) is 3.41. The first kappa shape index (κ1) is 16.0. The second-order valence-corrected chi connectivity index (χ2v) is 5.13. The quantitative estimate of drug-likeness (QED) is 0.831. The average molecular weight is 283 g/mol. The predicted molar refractivity (Wildman–Crippen MR) is 80.6 cm³/mol. The van der Waals surface area contributed by atoms with Crippen molar-refractivity contribution in [3.05, 3.63) is 35.9 Å². The highest BCUT2D eigenvalue weighted by Gasteiger charge is 2.20. The zero-order valence-electron chi connectivity index (χ0n) is 11.5. The second kappa shape index (κ2) is 8.18. The molecule has 3 nitrogen and oxygen atoms in total. The molecule has 1 amide bonds. The van der Waals surface area contributed by atoms with E-state index in [9.17, 15) is 4.79 Å². The maximum absolute atomic E-state index is 11.8. The van der Waals surface area contributed by atoms with Crippen LogP contribution in [0.15, 0.2) is 30.3 Å². The molecule has 0 atom stereocenters. The molecule has 4 heteroatoms. The van der Waals surface area contributed by atoms with Crippen LogP contribution in [0.2, 0.25) is 0 Å². The summed E-state index contributed by atoms with van der Waals surface area (Å²) in [4.78, 5) is 13.6. The summed E-state index contributed by atoms with van der Waals surface area (Å²) in [7, 11) is 1.88. The van der Waals surface area contributed by atoms with E-state index in [0.717, 1.165) is 25.4 Å². The van der Waals surface area contributed by atoms with E-state index < -0.39 is 0 Å². The standard InChI is InChI=1S/C15H22N2O.ClH/c1-17(10-9-13-5-3-2-4-6-13)15(18)12-16-11-14-7-8-14;/h2-6,14,16H,7-12H2,1H3;1H. The van der Waals surface area contributed by atoms with Crippen LogP contribution < -0.4 is 5.32 Å². The summed E-state index contributed by atoms with van der Waals surface area (Å²) in [5.41, 5.74) is 1.28. The number of carbonyl (C=O) groups is 1. The summed E-state index contributed by atoms with van der Waals surface area (Å²) < 4.78 is 0. The summed E-state index contributed by atoms with van der Waals surface area (Å²) in [6.45, 7) is 2.26. The first-order chi connectivity index (χ1) is 8.75. The van der Waals surface area contributed by atoms with E-state index in [1.807, 2.05) is 30.1 Å². The fourth-order valence-electron chi connectivity index (χ4n) is 1.91. The molecule has 1 fully saturated rings. The van der Waals surface area contributed by atoms with Gasteiger partial charge in [-0.15, -0.1) is 12.4 Å². The van der Waals surface area contributed by atoms with Gasteiger partial charge in [0, 0.05) is 13.6 Å². The van der Waals surface area contributed by atoms with Gasteiger partial charge in [0.05, 0.1) is 6.54 Å². The Hall–Kier alpha value is -1.06. The van der Waals surface area contributed by atoms with Crippen molar-refractivity contribution < 1.29 is 4.79 Å². The third kappa shape index (κ3) is 6.08. The second-order valence-electron chi connectivity index (χ2n) is 5.13. The molecular weight excluding hydrogens is 260 g/mol. The lowest BCUT2D eigenvalue weighted by atomic mass is 10.1. The molecule has 0 bridgehead atoms. The minimum absolute atomic E-state index is 0. The molecule has 0 unspecified atom stereocenters. The van der Waals surface area contributed by atoms with Gasteiger partial charge < -0.3 is 10.2 Å². The molecule has 0 aliphatic heterocycles. The van der Waals surface area contributed by atoms with E-state index in [-0.39, 0.29) is 18.3 Å². The molecule has 1 aromatic carbocycles. The first-order valence-electron chi connectivity index (χ1n) is 6.74. The Bertz CT molecular complexity index is 379. The summed E-state index contributed by atoms with van der Waals surface area (Å²) in [6.07, 6.45) is 3.57. The van der Waals surface area contributed by atoms with Crippen molar-refractivity contribution in [3.8, 4) is 0 Å².